The average molecular weight is 186 g/mol. The summed E-state index contributed by atoms with van der Waals surface area (Å²) in [7, 11) is 0. The molecule has 1 aliphatic carbocycles. The summed E-state index contributed by atoms with van der Waals surface area (Å²) in [6, 6.07) is 7.95. The van der Waals surface area contributed by atoms with E-state index in [-0.39, 0.29) is 11.5 Å². The van der Waals surface area contributed by atoms with Crippen molar-refractivity contribution < 1.29 is 5.11 Å². The molecule has 2 rings (SSSR count). The Kier molecular flexibility index (Phi) is 2.09. The fourth-order valence-electron chi connectivity index (χ4n) is 2.00. The lowest BCUT2D eigenvalue weighted by Gasteiger charge is -2.19. The molecular weight excluding hydrogens is 172 g/mol. The molecule has 0 spiro atoms. The Labute approximate surface area is 84.8 Å². The average Bonchev–Trinajstić information content (AvgIpc) is 2.98. The van der Waals surface area contributed by atoms with Crippen molar-refractivity contribution in [2.75, 3.05) is 0 Å². The van der Waals surface area contributed by atoms with Gasteiger partial charge in [-0.3, -0.25) is 0 Å². The molecule has 0 radical (unpaired) electrons. The summed E-state index contributed by atoms with van der Waals surface area (Å²) in [4.78, 5) is 0. The molecule has 0 saturated heterocycles. The number of hydrogen-bond acceptors (Lipinski definition) is 1. The summed E-state index contributed by atoms with van der Waals surface area (Å²) >= 11 is 0. The molecule has 1 saturated carbocycles. The zero-order chi connectivity index (χ0) is 10.2. The molecule has 0 aromatic heterocycles. The molecule has 0 amide bonds. The van der Waals surface area contributed by atoms with Gasteiger partial charge in [0.2, 0.25) is 0 Å². The molecule has 1 unspecified atom stereocenters. The fourth-order valence-corrected chi connectivity index (χ4v) is 2.00. The van der Waals surface area contributed by atoms with Gasteiger partial charge in [-0.2, -0.15) is 0 Å². The second kappa shape index (κ2) is 3.15. The molecule has 1 aromatic carbocycles. The van der Waals surface area contributed by atoms with E-state index in [1.165, 1.54) is 5.56 Å². The highest BCUT2D eigenvalue weighted by Crippen LogP contribution is 2.50. The number of benzene rings is 1. The second-order valence-electron chi connectivity index (χ2n) is 4.06. The molecule has 1 N–H and O–H groups in total. The molecule has 1 heteroatoms. The lowest BCUT2D eigenvalue weighted by Crippen LogP contribution is -2.22. The van der Waals surface area contributed by atoms with Crippen molar-refractivity contribution in [3.63, 3.8) is 0 Å². The first-order valence-electron chi connectivity index (χ1n) is 4.94. The van der Waals surface area contributed by atoms with Gasteiger partial charge in [0.05, 0.1) is 6.10 Å². The third-order valence-corrected chi connectivity index (χ3v) is 3.19. The van der Waals surface area contributed by atoms with Crippen LogP contribution in [0.3, 0.4) is 0 Å². The Morgan fingerprint density at radius 1 is 1.50 bits per heavy atom. The van der Waals surface area contributed by atoms with Crippen LogP contribution in [0.5, 0.6) is 0 Å². The standard InChI is InChI=1S/C13H14O/c1-3-11-5-4-6-12(9-11)13(7-8-13)10(2)14/h1,4-6,9-10,14H,7-8H2,2H3. The maximum Gasteiger partial charge on any atom is 0.0608 e. The predicted molar refractivity (Wildman–Crippen MR) is 57.0 cm³/mol. The van der Waals surface area contributed by atoms with Crippen LogP contribution in [0, 0.1) is 12.3 Å². The summed E-state index contributed by atoms with van der Waals surface area (Å²) in [5.74, 6) is 2.62. The Balaban J connectivity index is 2.38. The first kappa shape index (κ1) is 9.30. The van der Waals surface area contributed by atoms with E-state index in [2.05, 4.69) is 12.0 Å². The molecule has 1 aromatic rings. The van der Waals surface area contributed by atoms with E-state index >= 15 is 0 Å². The van der Waals surface area contributed by atoms with Crippen LogP contribution < -0.4 is 0 Å². The van der Waals surface area contributed by atoms with Crippen LogP contribution in [-0.4, -0.2) is 11.2 Å². The van der Waals surface area contributed by atoms with E-state index in [1.807, 2.05) is 25.1 Å². The molecule has 1 atom stereocenters. The highest BCUT2D eigenvalue weighted by Gasteiger charge is 2.48. The lowest BCUT2D eigenvalue weighted by molar-refractivity contribution is 0.150. The van der Waals surface area contributed by atoms with E-state index in [0.717, 1.165) is 18.4 Å². The lowest BCUT2D eigenvalue weighted by atomic mass is 9.90. The minimum Gasteiger partial charge on any atom is -0.392 e. The van der Waals surface area contributed by atoms with Crippen LogP contribution in [-0.2, 0) is 5.41 Å². The minimum atomic E-state index is -0.282. The summed E-state index contributed by atoms with van der Waals surface area (Å²) < 4.78 is 0. The van der Waals surface area contributed by atoms with E-state index in [9.17, 15) is 5.11 Å². The quantitative estimate of drug-likeness (QED) is 0.701. The summed E-state index contributed by atoms with van der Waals surface area (Å²) in [6.45, 7) is 1.86. The first-order valence-corrected chi connectivity index (χ1v) is 4.94. The van der Waals surface area contributed by atoms with Gasteiger partial charge in [-0.25, -0.2) is 0 Å². The number of hydrogen-bond donors (Lipinski definition) is 1. The van der Waals surface area contributed by atoms with Crippen molar-refractivity contribution >= 4 is 0 Å². The zero-order valence-electron chi connectivity index (χ0n) is 8.33. The van der Waals surface area contributed by atoms with Crippen molar-refractivity contribution in [1.29, 1.82) is 0 Å². The zero-order valence-corrected chi connectivity index (χ0v) is 8.33. The Morgan fingerprint density at radius 3 is 2.71 bits per heavy atom. The Morgan fingerprint density at radius 2 is 2.21 bits per heavy atom. The maximum absolute atomic E-state index is 9.71. The topological polar surface area (TPSA) is 20.2 Å². The molecule has 14 heavy (non-hydrogen) atoms. The van der Waals surface area contributed by atoms with Crippen LogP contribution in [0.25, 0.3) is 0 Å². The maximum atomic E-state index is 9.71. The van der Waals surface area contributed by atoms with Crippen molar-refractivity contribution in [2.24, 2.45) is 0 Å². The largest absolute Gasteiger partial charge is 0.392 e. The van der Waals surface area contributed by atoms with E-state index < -0.39 is 0 Å². The third kappa shape index (κ3) is 1.32. The third-order valence-electron chi connectivity index (χ3n) is 3.19. The van der Waals surface area contributed by atoms with Crippen LogP contribution in [0.1, 0.15) is 30.9 Å². The van der Waals surface area contributed by atoms with Crippen LogP contribution in [0.15, 0.2) is 24.3 Å². The number of terminal acetylenes is 1. The molecular formula is C13H14O. The van der Waals surface area contributed by atoms with Gasteiger partial charge in [0, 0.05) is 11.0 Å². The first-order chi connectivity index (χ1) is 6.69. The van der Waals surface area contributed by atoms with E-state index in [4.69, 9.17) is 6.42 Å². The highest BCUT2D eigenvalue weighted by molar-refractivity contribution is 5.41. The van der Waals surface area contributed by atoms with Crippen LogP contribution >= 0.6 is 0 Å². The van der Waals surface area contributed by atoms with Crippen molar-refractivity contribution in [3.05, 3.63) is 35.4 Å². The monoisotopic (exact) mass is 186 g/mol. The smallest absolute Gasteiger partial charge is 0.0608 e. The summed E-state index contributed by atoms with van der Waals surface area (Å²) in [6.07, 6.45) is 7.20. The van der Waals surface area contributed by atoms with Crippen LogP contribution in [0.4, 0.5) is 0 Å². The Bertz CT molecular complexity index is 380. The van der Waals surface area contributed by atoms with Crippen molar-refractivity contribution in [2.45, 2.75) is 31.3 Å². The second-order valence-corrected chi connectivity index (χ2v) is 4.06. The summed E-state index contributed by atoms with van der Waals surface area (Å²) in [5, 5.41) is 9.71. The van der Waals surface area contributed by atoms with Crippen LogP contribution in [0.2, 0.25) is 0 Å². The van der Waals surface area contributed by atoms with Gasteiger partial charge in [0.15, 0.2) is 0 Å². The van der Waals surface area contributed by atoms with E-state index in [0.29, 0.717) is 0 Å². The molecule has 0 aliphatic heterocycles. The SMILES string of the molecule is C#Cc1cccc(C2(C(C)O)CC2)c1. The molecule has 0 bridgehead atoms. The minimum absolute atomic E-state index is 0.00708. The summed E-state index contributed by atoms with van der Waals surface area (Å²) in [5.41, 5.74) is 2.07. The highest BCUT2D eigenvalue weighted by atomic mass is 16.3. The van der Waals surface area contributed by atoms with Gasteiger partial charge < -0.3 is 5.11 Å². The predicted octanol–water partition coefficient (Wildman–Crippen LogP) is 2.08. The molecule has 1 nitrogen and oxygen atoms in total. The van der Waals surface area contributed by atoms with Crippen molar-refractivity contribution in [3.8, 4) is 12.3 Å². The number of aliphatic hydroxyl groups is 1. The normalized spacial score (nSPS) is 19.8. The molecule has 1 fully saturated rings. The number of aliphatic hydroxyl groups excluding tert-OH is 1. The van der Waals surface area contributed by atoms with Gasteiger partial charge in [0.25, 0.3) is 0 Å². The van der Waals surface area contributed by atoms with Gasteiger partial charge in [0.1, 0.15) is 0 Å². The fraction of sp³-hybridized carbons (Fsp3) is 0.385. The molecule has 72 valence electrons. The van der Waals surface area contributed by atoms with E-state index in [1.54, 1.807) is 0 Å². The Hall–Kier alpha value is -1.26. The van der Waals surface area contributed by atoms with Gasteiger partial charge in [-0.05, 0) is 37.5 Å². The van der Waals surface area contributed by atoms with Gasteiger partial charge in [-0.15, -0.1) is 6.42 Å². The molecule has 0 heterocycles. The van der Waals surface area contributed by atoms with Gasteiger partial charge >= 0.3 is 0 Å². The van der Waals surface area contributed by atoms with Gasteiger partial charge in [-0.1, -0.05) is 18.1 Å². The number of rotatable bonds is 2. The molecule has 1 aliphatic rings. The van der Waals surface area contributed by atoms with Crippen molar-refractivity contribution in [1.82, 2.24) is 0 Å².